The summed E-state index contributed by atoms with van der Waals surface area (Å²) < 4.78 is 0. The van der Waals surface area contributed by atoms with Crippen molar-refractivity contribution in [2.45, 2.75) is 31.8 Å². The van der Waals surface area contributed by atoms with Gasteiger partial charge in [0, 0.05) is 35.0 Å². The summed E-state index contributed by atoms with van der Waals surface area (Å²) in [5, 5.41) is 0. The lowest BCUT2D eigenvalue weighted by Crippen LogP contribution is -2.54. The van der Waals surface area contributed by atoms with E-state index in [9.17, 15) is 0 Å². The van der Waals surface area contributed by atoms with Crippen molar-refractivity contribution in [3.63, 3.8) is 0 Å². The molecule has 168 valence electrons. The highest BCUT2D eigenvalue weighted by molar-refractivity contribution is 5.91. The zero-order chi connectivity index (χ0) is 23.3. The lowest BCUT2D eigenvalue weighted by atomic mass is 9.65. The van der Waals surface area contributed by atoms with Crippen molar-refractivity contribution >= 4 is 23.0 Å². The van der Waals surface area contributed by atoms with Gasteiger partial charge in [0.25, 0.3) is 0 Å². The molecule has 34 heavy (non-hydrogen) atoms. The van der Waals surface area contributed by atoms with E-state index in [0.29, 0.717) is 0 Å². The van der Waals surface area contributed by atoms with Gasteiger partial charge in [0.15, 0.2) is 11.6 Å². The summed E-state index contributed by atoms with van der Waals surface area (Å²) in [5.41, 5.74) is 6.01. The number of benzene rings is 3. The predicted octanol–water partition coefficient (Wildman–Crippen LogP) is 7.24. The zero-order valence-electron chi connectivity index (χ0n) is 19.6. The third-order valence-electron chi connectivity index (χ3n) is 7.69. The first-order valence-corrected chi connectivity index (χ1v) is 11.9. The van der Waals surface area contributed by atoms with E-state index in [0.717, 1.165) is 23.7 Å². The van der Waals surface area contributed by atoms with Crippen LogP contribution in [0.2, 0.25) is 0 Å². The predicted molar refractivity (Wildman–Crippen MR) is 140 cm³/mol. The first kappa shape index (κ1) is 20.7. The molecule has 4 heteroatoms. The van der Waals surface area contributed by atoms with Crippen LogP contribution in [-0.4, -0.2) is 16.1 Å². The minimum Gasteiger partial charge on any atom is -0.301 e. The van der Waals surface area contributed by atoms with Crippen LogP contribution in [0, 0.1) is 5.92 Å². The minimum atomic E-state index is -0.0680. The first-order valence-electron chi connectivity index (χ1n) is 11.9. The highest BCUT2D eigenvalue weighted by Crippen LogP contribution is 2.58. The molecular formula is C30H28N4. The van der Waals surface area contributed by atoms with Crippen LogP contribution in [0.25, 0.3) is 11.1 Å². The number of anilines is 4. The Balaban J connectivity index is 1.62. The van der Waals surface area contributed by atoms with Crippen molar-refractivity contribution in [1.82, 2.24) is 9.97 Å². The molecule has 0 fully saturated rings. The molecule has 0 spiro atoms. The second-order valence-electron chi connectivity index (χ2n) is 9.46. The quantitative estimate of drug-likeness (QED) is 0.311. The molecule has 0 amide bonds. The van der Waals surface area contributed by atoms with Gasteiger partial charge in [-0.05, 0) is 29.7 Å². The maximum absolute atomic E-state index is 4.88. The number of rotatable bonds is 4. The maximum Gasteiger partial charge on any atom is 0.178 e. The molecule has 3 aromatic carbocycles. The van der Waals surface area contributed by atoms with E-state index in [1.165, 1.54) is 22.4 Å². The average molecular weight is 445 g/mol. The van der Waals surface area contributed by atoms with Gasteiger partial charge in [-0.1, -0.05) is 86.7 Å². The standard InChI is InChI=1S/C30H28N4/c1-4-18-30(3)21(2)29-33(25-16-10-8-14-23(25)22-12-6-5-7-13-22)27-28(32-20-19-31-27)34(29)26-17-11-9-15-24(26)30/h4-17,19-21,29H,1,18H2,2-3H3. The second-order valence-corrected chi connectivity index (χ2v) is 9.46. The van der Waals surface area contributed by atoms with Gasteiger partial charge in [-0.3, -0.25) is 0 Å². The Labute approximate surface area is 201 Å². The molecule has 0 saturated carbocycles. The van der Waals surface area contributed by atoms with Crippen LogP contribution in [0.3, 0.4) is 0 Å². The molecular weight excluding hydrogens is 416 g/mol. The third-order valence-corrected chi connectivity index (χ3v) is 7.69. The Hall–Kier alpha value is -3.92. The average Bonchev–Trinajstić information content (AvgIpc) is 3.23. The Kier molecular flexibility index (Phi) is 4.77. The molecule has 2 aliphatic heterocycles. The number of para-hydroxylation sites is 2. The molecule has 2 aliphatic rings. The van der Waals surface area contributed by atoms with E-state index < -0.39 is 0 Å². The number of hydrogen-bond acceptors (Lipinski definition) is 4. The summed E-state index contributed by atoms with van der Waals surface area (Å²) in [7, 11) is 0. The van der Waals surface area contributed by atoms with E-state index in [2.05, 4.69) is 115 Å². The highest BCUT2D eigenvalue weighted by Gasteiger charge is 2.53. The minimum absolute atomic E-state index is 0.0436. The summed E-state index contributed by atoms with van der Waals surface area (Å²) >= 11 is 0. The molecule has 4 aromatic rings. The largest absolute Gasteiger partial charge is 0.301 e. The molecule has 3 atom stereocenters. The van der Waals surface area contributed by atoms with Crippen LogP contribution in [-0.2, 0) is 5.41 Å². The van der Waals surface area contributed by atoms with Crippen molar-refractivity contribution in [3.8, 4) is 11.1 Å². The van der Waals surface area contributed by atoms with Crippen molar-refractivity contribution in [3.05, 3.63) is 109 Å². The van der Waals surface area contributed by atoms with E-state index >= 15 is 0 Å². The first-order chi connectivity index (χ1) is 16.6. The molecule has 1 aromatic heterocycles. The van der Waals surface area contributed by atoms with Gasteiger partial charge in [-0.25, -0.2) is 9.97 Å². The van der Waals surface area contributed by atoms with Crippen molar-refractivity contribution in [2.24, 2.45) is 5.92 Å². The monoisotopic (exact) mass is 444 g/mol. The Morgan fingerprint density at radius 2 is 1.41 bits per heavy atom. The van der Waals surface area contributed by atoms with Gasteiger partial charge in [0.1, 0.15) is 6.17 Å². The summed E-state index contributed by atoms with van der Waals surface area (Å²) in [5.74, 6) is 2.09. The van der Waals surface area contributed by atoms with Crippen LogP contribution in [0.5, 0.6) is 0 Å². The Morgan fingerprint density at radius 1 is 0.824 bits per heavy atom. The number of nitrogens with zero attached hydrogens (tertiary/aromatic N) is 4. The normalized spacial score (nSPS) is 22.6. The third kappa shape index (κ3) is 2.84. The summed E-state index contributed by atoms with van der Waals surface area (Å²) in [6, 6.07) is 28.0. The Bertz CT molecular complexity index is 1370. The molecule has 3 heterocycles. The fraction of sp³-hybridized carbons (Fsp3) is 0.200. The van der Waals surface area contributed by atoms with Crippen LogP contribution in [0.4, 0.5) is 23.0 Å². The van der Waals surface area contributed by atoms with E-state index in [1.807, 2.05) is 0 Å². The fourth-order valence-corrected chi connectivity index (χ4v) is 5.87. The fourth-order valence-electron chi connectivity index (χ4n) is 5.87. The molecule has 0 radical (unpaired) electrons. The van der Waals surface area contributed by atoms with Gasteiger partial charge in [0.2, 0.25) is 0 Å². The van der Waals surface area contributed by atoms with Gasteiger partial charge in [-0.2, -0.15) is 0 Å². The van der Waals surface area contributed by atoms with Crippen molar-refractivity contribution in [1.29, 1.82) is 0 Å². The number of aromatic nitrogens is 2. The number of fused-ring (bicyclic) bond motifs is 5. The van der Waals surface area contributed by atoms with E-state index in [-0.39, 0.29) is 17.5 Å². The molecule has 0 bridgehead atoms. The molecule has 0 saturated heterocycles. The molecule has 4 nitrogen and oxygen atoms in total. The maximum atomic E-state index is 4.88. The summed E-state index contributed by atoms with van der Waals surface area (Å²) in [6.07, 6.45) is 6.61. The number of allylic oxidation sites excluding steroid dienone is 1. The van der Waals surface area contributed by atoms with Gasteiger partial charge < -0.3 is 9.80 Å². The number of hydrogen-bond donors (Lipinski definition) is 0. The summed E-state index contributed by atoms with van der Waals surface area (Å²) in [6.45, 7) is 8.85. The highest BCUT2D eigenvalue weighted by atomic mass is 15.5. The van der Waals surface area contributed by atoms with Gasteiger partial charge in [-0.15, -0.1) is 6.58 Å². The SMILES string of the molecule is C=CCC1(C)c2ccccc2N2c3nccnc3N(c3ccccc3-c3ccccc3)C2C1C. The molecule has 3 unspecified atom stereocenters. The molecule has 6 rings (SSSR count). The lowest BCUT2D eigenvalue weighted by molar-refractivity contribution is 0.259. The molecule has 0 N–H and O–H groups in total. The van der Waals surface area contributed by atoms with Gasteiger partial charge >= 0.3 is 0 Å². The van der Waals surface area contributed by atoms with Crippen molar-refractivity contribution in [2.75, 3.05) is 9.80 Å². The Morgan fingerprint density at radius 3 is 2.12 bits per heavy atom. The van der Waals surface area contributed by atoms with Gasteiger partial charge in [0.05, 0.1) is 5.69 Å². The van der Waals surface area contributed by atoms with Crippen LogP contribution >= 0.6 is 0 Å². The van der Waals surface area contributed by atoms with E-state index in [1.54, 1.807) is 12.4 Å². The topological polar surface area (TPSA) is 32.3 Å². The zero-order valence-corrected chi connectivity index (χ0v) is 19.6. The van der Waals surface area contributed by atoms with Crippen LogP contribution < -0.4 is 9.80 Å². The van der Waals surface area contributed by atoms with Crippen molar-refractivity contribution < 1.29 is 0 Å². The van der Waals surface area contributed by atoms with Crippen LogP contribution in [0.1, 0.15) is 25.8 Å². The lowest BCUT2D eigenvalue weighted by Gasteiger charge is -2.50. The summed E-state index contributed by atoms with van der Waals surface area (Å²) in [4.78, 5) is 14.5. The van der Waals surface area contributed by atoms with E-state index in [4.69, 9.17) is 9.97 Å². The smallest absolute Gasteiger partial charge is 0.178 e. The molecule has 0 aliphatic carbocycles. The second kappa shape index (κ2) is 7.84. The van der Waals surface area contributed by atoms with Crippen LogP contribution in [0.15, 0.2) is 104 Å².